The van der Waals surface area contributed by atoms with Gasteiger partial charge < -0.3 is 0 Å². The van der Waals surface area contributed by atoms with Gasteiger partial charge in [-0.05, 0) is 25.8 Å². The van der Waals surface area contributed by atoms with Gasteiger partial charge >= 0.3 is 0 Å². The van der Waals surface area contributed by atoms with Crippen LogP contribution < -0.4 is 0 Å². The molecule has 0 aliphatic carbocycles. The van der Waals surface area contributed by atoms with E-state index in [9.17, 15) is 4.79 Å². The summed E-state index contributed by atoms with van der Waals surface area (Å²) in [5.41, 5.74) is 2.22. The molecule has 0 amide bonds. The van der Waals surface area contributed by atoms with Gasteiger partial charge in [0.2, 0.25) is 0 Å². The first kappa shape index (κ1) is 12.8. The molecule has 0 saturated heterocycles. The first-order valence-corrected chi connectivity index (χ1v) is 6.72. The van der Waals surface area contributed by atoms with Gasteiger partial charge in [-0.15, -0.1) is 0 Å². The van der Waals surface area contributed by atoms with Crippen molar-refractivity contribution >= 4 is 16.7 Å². The highest BCUT2D eigenvalue weighted by Crippen LogP contribution is 2.19. The number of aromatic nitrogens is 2. The summed E-state index contributed by atoms with van der Waals surface area (Å²) in [6, 6.07) is 8.24. The number of nitrogens with zero attached hydrogens (tertiary/aromatic N) is 2. The Morgan fingerprint density at radius 2 is 2.00 bits per heavy atom. The molecule has 3 heteroatoms. The van der Waals surface area contributed by atoms with E-state index in [-0.39, 0.29) is 0 Å². The molecule has 0 bridgehead atoms. The van der Waals surface area contributed by atoms with Crippen molar-refractivity contribution in [3.05, 3.63) is 30.0 Å². The Bertz CT molecular complexity index is 542. The quantitative estimate of drug-likeness (QED) is 0.781. The van der Waals surface area contributed by atoms with Crippen LogP contribution in [0.5, 0.6) is 0 Å². The Hall–Kier alpha value is -1.64. The lowest BCUT2D eigenvalue weighted by molar-refractivity contribution is -0.119. The second kappa shape index (κ2) is 5.80. The van der Waals surface area contributed by atoms with Crippen molar-refractivity contribution in [3.8, 4) is 0 Å². The van der Waals surface area contributed by atoms with Crippen LogP contribution in [-0.2, 0) is 17.8 Å². The maximum absolute atomic E-state index is 11.6. The molecule has 0 fully saturated rings. The van der Waals surface area contributed by atoms with E-state index in [0.29, 0.717) is 18.6 Å². The number of rotatable bonds is 6. The summed E-state index contributed by atoms with van der Waals surface area (Å²) >= 11 is 0. The zero-order valence-electron chi connectivity index (χ0n) is 11.1. The maximum Gasteiger partial charge on any atom is 0.133 e. The van der Waals surface area contributed by atoms with Gasteiger partial charge in [0.25, 0.3) is 0 Å². The Balaban J connectivity index is 2.20. The minimum Gasteiger partial charge on any atom is -0.300 e. The predicted octanol–water partition coefficient (Wildman–Crippen LogP) is 3.36. The third-order valence-corrected chi connectivity index (χ3v) is 3.20. The molecule has 0 spiro atoms. The van der Waals surface area contributed by atoms with Gasteiger partial charge in [-0.1, -0.05) is 25.1 Å². The average Bonchev–Trinajstić information content (AvgIpc) is 2.75. The number of hydrogen-bond acceptors (Lipinski definition) is 2. The van der Waals surface area contributed by atoms with Gasteiger partial charge in [-0.25, -0.2) is 0 Å². The van der Waals surface area contributed by atoms with E-state index in [4.69, 9.17) is 0 Å². The van der Waals surface area contributed by atoms with Crippen LogP contribution in [-0.4, -0.2) is 15.6 Å². The fourth-order valence-corrected chi connectivity index (χ4v) is 2.28. The number of para-hydroxylation sites is 1. The molecule has 0 radical (unpaired) electrons. The second-order valence-electron chi connectivity index (χ2n) is 4.57. The topological polar surface area (TPSA) is 34.9 Å². The van der Waals surface area contributed by atoms with Gasteiger partial charge in [0.1, 0.15) is 5.78 Å². The largest absolute Gasteiger partial charge is 0.300 e. The molecule has 18 heavy (non-hydrogen) atoms. The predicted molar refractivity (Wildman–Crippen MR) is 73.6 cm³/mol. The number of hydrogen-bond donors (Lipinski definition) is 0. The molecular formula is C15H20N2O. The maximum atomic E-state index is 11.6. The van der Waals surface area contributed by atoms with Crippen LogP contribution in [0.25, 0.3) is 10.9 Å². The summed E-state index contributed by atoms with van der Waals surface area (Å²) in [6.45, 7) is 4.99. The molecular weight excluding hydrogens is 224 g/mol. The summed E-state index contributed by atoms with van der Waals surface area (Å²) in [4.78, 5) is 11.6. The van der Waals surface area contributed by atoms with Gasteiger partial charge in [-0.2, -0.15) is 5.10 Å². The van der Waals surface area contributed by atoms with E-state index < -0.39 is 0 Å². The molecule has 1 aromatic carbocycles. The van der Waals surface area contributed by atoms with Crippen molar-refractivity contribution in [2.45, 2.75) is 46.1 Å². The molecule has 1 heterocycles. The Kier molecular flexibility index (Phi) is 4.13. The molecule has 0 N–H and O–H groups in total. The third kappa shape index (κ3) is 2.61. The molecule has 3 nitrogen and oxygen atoms in total. The second-order valence-corrected chi connectivity index (χ2v) is 4.57. The number of benzene rings is 1. The van der Waals surface area contributed by atoms with Crippen LogP contribution in [0.3, 0.4) is 0 Å². The monoisotopic (exact) mass is 244 g/mol. The zero-order chi connectivity index (χ0) is 13.0. The first-order valence-electron chi connectivity index (χ1n) is 6.72. The smallest absolute Gasteiger partial charge is 0.133 e. The van der Waals surface area contributed by atoms with E-state index in [1.165, 1.54) is 5.39 Å². The number of aryl methyl sites for hydroxylation is 2. The molecule has 0 atom stereocenters. The summed E-state index contributed by atoms with van der Waals surface area (Å²) < 4.78 is 2.01. The van der Waals surface area contributed by atoms with Gasteiger partial charge in [-0.3, -0.25) is 9.48 Å². The lowest BCUT2D eigenvalue weighted by Crippen LogP contribution is -2.01. The molecule has 0 saturated carbocycles. The summed E-state index contributed by atoms with van der Waals surface area (Å²) in [7, 11) is 0. The van der Waals surface area contributed by atoms with E-state index in [1.54, 1.807) is 0 Å². The Morgan fingerprint density at radius 1 is 1.22 bits per heavy atom. The molecule has 1 aromatic heterocycles. The third-order valence-electron chi connectivity index (χ3n) is 3.20. The minimum atomic E-state index is 0.340. The number of ketones is 1. The minimum absolute atomic E-state index is 0.340. The molecule has 2 aromatic rings. The average molecular weight is 244 g/mol. The lowest BCUT2D eigenvalue weighted by Gasteiger charge is -1.97. The summed E-state index contributed by atoms with van der Waals surface area (Å²) in [6.07, 6.45) is 2.99. The highest BCUT2D eigenvalue weighted by molar-refractivity contribution is 5.83. The molecule has 0 unspecified atom stereocenters. The van der Waals surface area contributed by atoms with Crippen molar-refractivity contribution in [3.63, 3.8) is 0 Å². The highest BCUT2D eigenvalue weighted by Gasteiger charge is 2.10. The van der Waals surface area contributed by atoms with Gasteiger partial charge in [0, 0.05) is 24.8 Å². The van der Waals surface area contributed by atoms with Gasteiger partial charge in [0.05, 0.1) is 11.2 Å². The molecule has 2 rings (SSSR count). The zero-order valence-corrected chi connectivity index (χ0v) is 11.1. The van der Waals surface area contributed by atoms with E-state index in [1.807, 2.05) is 23.7 Å². The highest BCUT2D eigenvalue weighted by atomic mass is 16.1. The molecule has 0 aliphatic rings. The first-order chi connectivity index (χ1) is 8.76. The van der Waals surface area contributed by atoms with Crippen LogP contribution in [0.4, 0.5) is 0 Å². The summed E-state index contributed by atoms with van der Waals surface area (Å²) in [5, 5.41) is 5.79. The Morgan fingerprint density at radius 3 is 2.72 bits per heavy atom. The van der Waals surface area contributed by atoms with E-state index >= 15 is 0 Å². The number of Topliss-reactive ketones (excluding diaryl/α,β-unsaturated/α-hetero) is 1. The molecule has 96 valence electrons. The van der Waals surface area contributed by atoms with Crippen molar-refractivity contribution in [2.75, 3.05) is 0 Å². The normalized spacial score (nSPS) is 11.0. The number of fused-ring (bicyclic) bond motifs is 1. The van der Waals surface area contributed by atoms with E-state index in [0.717, 1.165) is 30.6 Å². The fourth-order valence-electron chi connectivity index (χ4n) is 2.28. The van der Waals surface area contributed by atoms with Crippen LogP contribution >= 0.6 is 0 Å². The van der Waals surface area contributed by atoms with Crippen molar-refractivity contribution in [1.82, 2.24) is 9.78 Å². The van der Waals surface area contributed by atoms with Crippen molar-refractivity contribution in [2.24, 2.45) is 0 Å². The van der Waals surface area contributed by atoms with Crippen LogP contribution in [0.1, 0.15) is 38.8 Å². The van der Waals surface area contributed by atoms with Crippen molar-refractivity contribution in [1.29, 1.82) is 0 Å². The Labute approximate surface area is 108 Å². The number of carbonyl (C=O) groups is 1. The fraction of sp³-hybridized carbons (Fsp3) is 0.467. The standard InChI is InChI=1S/C15H20N2O/c1-3-7-12(18)10-11-14-13-8-5-6-9-15(13)17(4-2)16-14/h5-6,8-9H,3-4,7,10-11H2,1-2H3. The number of carbonyl (C=O) groups excluding carboxylic acids is 1. The molecule has 0 aliphatic heterocycles. The van der Waals surface area contributed by atoms with Crippen molar-refractivity contribution < 1.29 is 4.79 Å². The van der Waals surface area contributed by atoms with Gasteiger partial charge in [0.15, 0.2) is 0 Å². The van der Waals surface area contributed by atoms with Crippen LogP contribution in [0.2, 0.25) is 0 Å². The van der Waals surface area contributed by atoms with Crippen LogP contribution in [0, 0.1) is 0 Å². The summed E-state index contributed by atoms with van der Waals surface area (Å²) in [5.74, 6) is 0.340. The SMILES string of the molecule is CCCC(=O)CCc1nn(CC)c2ccccc12. The van der Waals surface area contributed by atoms with E-state index in [2.05, 4.69) is 24.2 Å². The van der Waals surface area contributed by atoms with Crippen LogP contribution in [0.15, 0.2) is 24.3 Å². The lowest BCUT2D eigenvalue weighted by atomic mass is 10.1.